The number of carbonyl (C=O) groups is 1. The van der Waals surface area contributed by atoms with Crippen molar-refractivity contribution in [2.45, 2.75) is 93.4 Å². The molecule has 29 heavy (non-hydrogen) atoms. The average Bonchev–Trinajstić information content (AvgIpc) is 2.61. The Morgan fingerprint density at radius 1 is 0.759 bits per heavy atom. The summed E-state index contributed by atoms with van der Waals surface area (Å²) < 4.78 is 0. The standard InChI is InChI=1S/C27H42O2/c1-8-26(27(28)29)25(7)20-12-19-24(6)18-11-17-23(5)16-10-15-22(4)14-9-13-21(2)3/h12-13,15,17,19-20H,8-11,14,16,18H2,1-7H3,(H,28,29)/b20-12+,22-15+,23-17+,24-19+,26-25+. The maximum Gasteiger partial charge on any atom is 0.331 e. The van der Waals surface area contributed by atoms with Crippen LogP contribution in [0.5, 0.6) is 0 Å². The third-order valence-electron chi connectivity index (χ3n) is 4.97. The van der Waals surface area contributed by atoms with E-state index in [1.807, 2.05) is 26.0 Å². The van der Waals surface area contributed by atoms with Crippen molar-refractivity contribution in [1.82, 2.24) is 0 Å². The van der Waals surface area contributed by atoms with Crippen molar-refractivity contribution in [3.8, 4) is 0 Å². The minimum Gasteiger partial charge on any atom is -0.478 e. The summed E-state index contributed by atoms with van der Waals surface area (Å²) in [5.41, 5.74) is 6.94. The van der Waals surface area contributed by atoms with Gasteiger partial charge in [-0.1, -0.05) is 65.7 Å². The van der Waals surface area contributed by atoms with Gasteiger partial charge in [-0.25, -0.2) is 4.79 Å². The molecule has 0 fully saturated rings. The van der Waals surface area contributed by atoms with E-state index in [1.165, 1.54) is 22.3 Å². The van der Waals surface area contributed by atoms with Crippen LogP contribution in [0, 0.1) is 0 Å². The normalized spacial score (nSPS) is 14.2. The van der Waals surface area contributed by atoms with Crippen LogP contribution in [0.15, 0.2) is 69.9 Å². The Labute approximate surface area is 179 Å². The highest BCUT2D eigenvalue weighted by molar-refractivity contribution is 5.87. The van der Waals surface area contributed by atoms with E-state index in [9.17, 15) is 4.79 Å². The second-order valence-corrected chi connectivity index (χ2v) is 8.19. The van der Waals surface area contributed by atoms with Gasteiger partial charge >= 0.3 is 5.97 Å². The summed E-state index contributed by atoms with van der Waals surface area (Å²) in [7, 11) is 0. The van der Waals surface area contributed by atoms with Crippen LogP contribution in [-0.4, -0.2) is 11.1 Å². The van der Waals surface area contributed by atoms with E-state index in [0.717, 1.165) is 44.1 Å². The molecule has 0 aliphatic rings. The fourth-order valence-corrected chi connectivity index (χ4v) is 3.02. The molecule has 0 aliphatic heterocycles. The van der Waals surface area contributed by atoms with Gasteiger partial charge in [0.25, 0.3) is 0 Å². The first-order valence-corrected chi connectivity index (χ1v) is 10.9. The van der Waals surface area contributed by atoms with Crippen LogP contribution in [0.3, 0.4) is 0 Å². The van der Waals surface area contributed by atoms with Gasteiger partial charge in [-0.3, -0.25) is 0 Å². The molecule has 2 nitrogen and oxygen atoms in total. The lowest BCUT2D eigenvalue weighted by Crippen LogP contribution is -2.01. The van der Waals surface area contributed by atoms with E-state index in [2.05, 4.69) is 58.9 Å². The zero-order valence-electron chi connectivity index (χ0n) is 19.8. The molecule has 0 saturated carbocycles. The van der Waals surface area contributed by atoms with Crippen LogP contribution in [0.25, 0.3) is 0 Å². The molecule has 0 bridgehead atoms. The first-order chi connectivity index (χ1) is 13.7. The van der Waals surface area contributed by atoms with Crippen LogP contribution in [0.1, 0.15) is 93.4 Å². The van der Waals surface area contributed by atoms with E-state index in [-0.39, 0.29) is 0 Å². The van der Waals surface area contributed by atoms with E-state index in [1.54, 1.807) is 0 Å². The highest BCUT2D eigenvalue weighted by Gasteiger charge is 2.06. The molecule has 0 saturated heterocycles. The van der Waals surface area contributed by atoms with Crippen molar-refractivity contribution in [3.05, 3.63) is 69.9 Å². The molecule has 0 amide bonds. The van der Waals surface area contributed by atoms with Crippen molar-refractivity contribution >= 4 is 5.97 Å². The predicted molar refractivity (Wildman–Crippen MR) is 128 cm³/mol. The van der Waals surface area contributed by atoms with Crippen LogP contribution in [-0.2, 0) is 4.79 Å². The number of carboxylic acids is 1. The molecule has 0 heterocycles. The Morgan fingerprint density at radius 2 is 1.24 bits per heavy atom. The lowest BCUT2D eigenvalue weighted by Gasteiger charge is -2.02. The third kappa shape index (κ3) is 14.5. The summed E-state index contributed by atoms with van der Waals surface area (Å²) in [6.07, 6.45) is 20.1. The molecule has 0 aromatic carbocycles. The zero-order chi connectivity index (χ0) is 22.2. The second kappa shape index (κ2) is 15.8. The number of hydrogen-bond acceptors (Lipinski definition) is 1. The van der Waals surface area contributed by atoms with Crippen molar-refractivity contribution in [1.29, 1.82) is 0 Å². The molecule has 0 aromatic rings. The fraction of sp³-hybridized carbons (Fsp3) is 0.519. The maximum atomic E-state index is 11.1. The topological polar surface area (TPSA) is 37.3 Å². The molecule has 162 valence electrons. The van der Waals surface area contributed by atoms with E-state index >= 15 is 0 Å². The first kappa shape index (κ1) is 26.9. The van der Waals surface area contributed by atoms with Gasteiger partial charge in [0, 0.05) is 5.57 Å². The zero-order valence-corrected chi connectivity index (χ0v) is 19.8. The summed E-state index contributed by atoms with van der Waals surface area (Å²) in [5, 5.41) is 9.15. The Morgan fingerprint density at radius 3 is 1.69 bits per heavy atom. The van der Waals surface area contributed by atoms with Gasteiger partial charge in [0.1, 0.15) is 0 Å². The fourth-order valence-electron chi connectivity index (χ4n) is 3.02. The lowest BCUT2D eigenvalue weighted by molar-refractivity contribution is -0.132. The molecular formula is C27H42O2. The Balaban J connectivity index is 4.39. The van der Waals surface area contributed by atoms with E-state index in [4.69, 9.17) is 5.11 Å². The quantitative estimate of drug-likeness (QED) is 0.192. The molecule has 0 aromatic heterocycles. The Hall–Kier alpha value is -2.09. The van der Waals surface area contributed by atoms with Gasteiger partial charge in [-0.05, 0) is 92.1 Å². The summed E-state index contributed by atoms with van der Waals surface area (Å²) >= 11 is 0. The molecule has 0 spiro atoms. The largest absolute Gasteiger partial charge is 0.478 e. The second-order valence-electron chi connectivity index (χ2n) is 8.19. The Bertz CT molecular complexity index is 690. The summed E-state index contributed by atoms with van der Waals surface area (Å²) in [5.74, 6) is -0.825. The number of aliphatic carboxylic acids is 1. The van der Waals surface area contributed by atoms with E-state index in [0.29, 0.717) is 12.0 Å². The van der Waals surface area contributed by atoms with Gasteiger partial charge in [-0.2, -0.15) is 0 Å². The molecule has 1 N–H and O–H groups in total. The molecule has 0 atom stereocenters. The monoisotopic (exact) mass is 398 g/mol. The number of hydrogen-bond donors (Lipinski definition) is 1. The van der Waals surface area contributed by atoms with Crippen LogP contribution >= 0.6 is 0 Å². The lowest BCUT2D eigenvalue weighted by atomic mass is 10.0. The van der Waals surface area contributed by atoms with Crippen LogP contribution in [0.2, 0.25) is 0 Å². The van der Waals surface area contributed by atoms with Crippen molar-refractivity contribution in [3.63, 3.8) is 0 Å². The first-order valence-electron chi connectivity index (χ1n) is 10.9. The number of carboxylic acid groups (broad SMARTS) is 1. The van der Waals surface area contributed by atoms with Gasteiger partial charge < -0.3 is 5.11 Å². The van der Waals surface area contributed by atoms with Gasteiger partial charge in [0.15, 0.2) is 0 Å². The molecule has 0 unspecified atom stereocenters. The van der Waals surface area contributed by atoms with Crippen molar-refractivity contribution in [2.24, 2.45) is 0 Å². The molecule has 2 heteroatoms. The smallest absolute Gasteiger partial charge is 0.331 e. The average molecular weight is 399 g/mol. The van der Waals surface area contributed by atoms with Crippen molar-refractivity contribution < 1.29 is 9.90 Å². The minimum absolute atomic E-state index is 0.479. The molecule has 0 aliphatic carbocycles. The van der Waals surface area contributed by atoms with Gasteiger partial charge in [0.2, 0.25) is 0 Å². The van der Waals surface area contributed by atoms with Gasteiger partial charge in [-0.15, -0.1) is 0 Å². The molecule has 0 rings (SSSR count). The molecule has 0 radical (unpaired) electrons. The highest BCUT2D eigenvalue weighted by Crippen LogP contribution is 2.14. The van der Waals surface area contributed by atoms with Crippen LogP contribution in [0.4, 0.5) is 0 Å². The number of rotatable bonds is 13. The van der Waals surface area contributed by atoms with Crippen LogP contribution < -0.4 is 0 Å². The summed E-state index contributed by atoms with van der Waals surface area (Å²) in [4.78, 5) is 11.1. The summed E-state index contributed by atoms with van der Waals surface area (Å²) in [6.45, 7) is 14.6. The van der Waals surface area contributed by atoms with Gasteiger partial charge in [0.05, 0.1) is 0 Å². The summed E-state index contributed by atoms with van der Waals surface area (Å²) in [6, 6.07) is 0. The maximum absolute atomic E-state index is 11.1. The van der Waals surface area contributed by atoms with E-state index < -0.39 is 5.97 Å². The number of allylic oxidation sites excluding steroid dienone is 11. The molecular weight excluding hydrogens is 356 g/mol. The Kier molecular flexibility index (Phi) is 14.7. The third-order valence-corrected chi connectivity index (χ3v) is 4.97. The highest BCUT2D eigenvalue weighted by atomic mass is 16.4. The minimum atomic E-state index is -0.825. The SMILES string of the molecule is CC\C(C(=O)O)=C(C)/C=C/C=C(\C)CC/C=C(\C)CC/C=C(\C)CCC=C(C)C. The van der Waals surface area contributed by atoms with Crippen molar-refractivity contribution in [2.75, 3.05) is 0 Å². The predicted octanol–water partition coefficient (Wildman–Crippen LogP) is 8.50.